The molecule has 6 aliphatic rings. The zero-order valence-corrected chi connectivity index (χ0v) is 28.3. The summed E-state index contributed by atoms with van der Waals surface area (Å²) in [4.78, 5) is 24.2. The van der Waals surface area contributed by atoms with E-state index in [0.717, 1.165) is 63.4 Å². The minimum Gasteiger partial charge on any atom is -0.508 e. The molecule has 1 saturated heterocycles. The summed E-state index contributed by atoms with van der Waals surface area (Å²) in [5, 5.41) is 54.0. The Bertz CT molecular complexity index is 1470. The van der Waals surface area contributed by atoms with E-state index in [4.69, 9.17) is 18.9 Å². The highest BCUT2D eigenvalue weighted by Gasteiger charge is 2.67. The van der Waals surface area contributed by atoms with E-state index in [1.807, 2.05) is 0 Å². The molecule has 268 valence electrons. The first-order valence-electron chi connectivity index (χ1n) is 17.9. The number of carbonyl (C=O) groups excluding carboxylic acids is 2. The summed E-state index contributed by atoms with van der Waals surface area (Å²) in [5.74, 6) is 0.229. The minimum atomic E-state index is -1.54. The normalized spacial score (nSPS) is 44.9. The van der Waals surface area contributed by atoms with E-state index in [9.17, 15) is 35.1 Å². The summed E-state index contributed by atoms with van der Waals surface area (Å²) in [6.45, 7) is 4.60. The smallest absolute Gasteiger partial charge is 0.331 e. The van der Waals surface area contributed by atoms with Crippen LogP contribution in [0.25, 0.3) is 6.08 Å². The SMILES string of the molecule is C[C@]12CC[C@H](O[C@@H]3O[C@H](COC(=O)C=Cc4ccc(O)cc4)[C@@H](O)[C@H](O)[C@H]3O)C[C@@H]1CC[C@@H]1[C@@H]2CC[C@]2(C)[C@@H](C3=CC(=O)OC3)CC[C@]12O. The van der Waals surface area contributed by atoms with Gasteiger partial charge in [-0.05, 0) is 116 Å². The molecule has 0 bridgehead atoms. The number of esters is 2. The van der Waals surface area contributed by atoms with E-state index >= 15 is 0 Å². The number of aromatic hydroxyl groups is 1. The van der Waals surface area contributed by atoms with Crippen LogP contribution in [0.5, 0.6) is 5.75 Å². The Morgan fingerprint density at radius 2 is 1.73 bits per heavy atom. The Kier molecular flexibility index (Phi) is 9.24. The van der Waals surface area contributed by atoms with Gasteiger partial charge in [0, 0.05) is 17.6 Å². The lowest BCUT2D eigenvalue weighted by atomic mass is 9.43. The molecule has 49 heavy (non-hydrogen) atoms. The van der Waals surface area contributed by atoms with Crippen LogP contribution in [-0.2, 0) is 28.5 Å². The molecule has 5 N–H and O–H groups in total. The maximum absolute atomic E-state index is 12.5. The van der Waals surface area contributed by atoms with Gasteiger partial charge in [-0.2, -0.15) is 0 Å². The Labute approximate surface area is 286 Å². The van der Waals surface area contributed by atoms with Gasteiger partial charge in [-0.3, -0.25) is 0 Å². The van der Waals surface area contributed by atoms with Gasteiger partial charge in [0.25, 0.3) is 0 Å². The van der Waals surface area contributed by atoms with Gasteiger partial charge in [-0.15, -0.1) is 0 Å². The average molecular weight is 683 g/mol. The monoisotopic (exact) mass is 682 g/mol. The molecule has 0 unspecified atom stereocenters. The molecule has 1 aromatic rings. The molecule has 4 saturated carbocycles. The van der Waals surface area contributed by atoms with Gasteiger partial charge in [0.15, 0.2) is 6.29 Å². The maximum atomic E-state index is 12.5. The van der Waals surface area contributed by atoms with Crippen LogP contribution in [0.4, 0.5) is 0 Å². The van der Waals surface area contributed by atoms with Crippen LogP contribution < -0.4 is 0 Å². The first-order valence-corrected chi connectivity index (χ1v) is 17.9. The molecule has 13 atom stereocenters. The highest BCUT2D eigenvalue weighted by Crippen LogP contribution is 2.70. The van der Waals surface area contributed by atoms with Crippen molar-refractivity contribution in [3.63, 3.8) is 0 Å². The molecular weight excluding hydrogens is 632 g/mol. The molecule has 0 radical (unpaired) electrons. The summed E-state index contributed by atoms with van der Waals surface area (Å²) >= 11 is 0. The number of hydrogen-bond acceptors (Lipinski definition) is 11. The van der Waals surface area contributed by atoms with Gasteiger partial charge in [0.05, 0.1) is 11.7 Å². The molecule has 0 spiro atoms. The number of cyclic esters (lactones) is 1. The number of fused-ring (bicyclic) bond motifs is 5. The fraction of sp³-hybridized carbons (Fsp3) is 0.684. The van der Waals surface area contributed by atoms with Crippen LogP contribution in [0.15, 0.2) is 42.0 Å². The summed E-state index contributed by atoms with van der Waals surface area (Å²) in [6.07, 6.45) is 5.17. The van der Waals surface area contributed by atoms with E-state index in [1.54, 1.807) is 18.2 Å². The molecule has 4 aliphatic carbocycles. The van der Waals surface area contributed by atoms with Crippen molar-refractivity contribution < 1.29 is 54.1 Å². The molecule has 11 heteroatoms. The molecular formula is C38H50O11. The molecule has 2 aliphatic heterocycles. The van der Waals surface area contributed by atoms with Crippen LogP contribution in [-0.4, -0.2) is 93.1 Å². The summed E-state index contributed by atoms with van der Waals surface area (Å²) in [5.41, 5.74) is 0.669. The van der Waals surface area contributed by atoms with Gasteiger partial charge >= 0.3 is 11.9 Å². The number of hydrogen-bond donors (Lipinski definition) is 5. The number of aliphatic hydroxyl groups is 4. The van der Waals surface area contributed by atoms with Crippen molar-refractivity contribution in [1.82, 2.24) is 0 Å². The molecule has 0 amide bonds. The quantitative estimate of drug-likeness (QED) is 0.162. The molecule has 7 rings (SSSR count). The number of ether oxygens (including phenoxy) is 4. The molecule has 11 nitrogen and oxygen atoms in total. The van der Waals surface area contributed by atoms with E-state index < -0.39 is 42.3 Å². The van der Waals surface area contributed by atoms with E-state index in [-0.39, 0.29) is 47.1 Å². The average Bonchev–Trinajstić information content (AvgIpc) is 3.63. The minimum absolute atomic E-state index is 0.0236. The topological polar surface area (TPSA) is 172 Å². The highest BCUT2D eigenvalue weighted by atomic mass is 16.7. The summed E-state index contributed by atoms with van der Waals surface area (Å²) < 4.78 is 22.8. The van der Waals surface area contributed by atoms with Crippen molar-refractivity contribution in [2.75, 3.05) is 13.2 Å². The molecule has 5 fully saturated rings. The fourth-order valence-electron chi connectivity index (χ4n) is 10.8. The third-order valence-corrected chi connectivity index (χ3v) is 13.6. The lowest BCUT2D eigenvalue weighted by Gasteiger charge is -2.64. The molecule has 2 heterocycles. The van der Waals surface area contributed by atoms with Crippen molar-refractivity contribution in [3.05, 3.63) is 47.6 Å². The third-order valence-electron chi connectivity index (χ3n) is 13.6. The van der Waals surface area contributed by atoms with Crippen LogP contribution >= 0.6 is 0 Å². The Morgan fingerprint density at radius 3 is 2.47 bits per heavy atom. The van der Waals surface area contributed by atoms with Crippen LogP contribution in [0.2, 0.25) is 0 Å². The Balaban J connectivity index is 0.965. The number of aliphatic hydroxyl groups excluding tert-OH is 3. The van der Waals surface area contributed by atoms with Crippen LogP contribution in [0.3, 0.4) is 0 Å². The van der Waals surface area contributed by atoms with Gasteiger partial charge in [-0.1, -0.05) is 26.0 Å². The highest BCUT2D eigenvalue weighted by molar-refractivity contribution is 5.87. The van der Waals surface area contributed by atoms with Crippen molar-refractivity contribution >= 4 is 18.0 Å². The largest absolute Gasteiger partial charge is 0.508 e. The van der Waals surface area contributed by atoms with E-state index in [1.165, 1.54) is 24.3 Å². The second-order valence-corrected chi connectivity index (χ2v) is 15.9. The fourth-order valence-corrected chi connectivity index (χ4v) is 10.8. The second-order valence-electron chi connectivity index (χ2n) is 15.9. The third kappa shape index (κ3) is 6.04. The first-order chi connectivity index (χ1) is 23.3. The second kappa shape index (κ2) is 13.1. The first kappa shape index (κ1) is 34.6. The van der Waals surface area contributed by atoms with Gasteiger partial charge in [0.2, 0.25) is 0 Å². The van der Waals surface area contributed by atoms with E-state index in [2.05, 4.69) is 13.8 Å². The zero-order chi connectivity index (χ0) is 34.7. The lowest BCUT2D eigenvalue weighted by Crippen LogP contribution is -2.63. The number of phenolic OH excluding ortho intramolecular Hbond substituents is 1. The Hall–Kier alpha value is -2.80. The van der Waals surface area contributed by atoms with Crippen LogP contribution in [0.1, 0.15) is 77.2 Å². The summed E-state index contributed by atoms with van der Waals surface area (Å²) in [6, 6.07) is 6.28. The Morgan fingerprint density at radius 1 is 0.959 bits per heavy atom. The van der Waals surface area contributed by atoms with Crippen molar-refractivity contribution in [2.24, 2.45) is 34.5 Å². The summed E-state index contributed by atoms with van der Waals surface area (Å²) in [7, 11) is 0. The van der Waals surface area contributed by atoms with Crippen molar-refractivity contribution in [1.29, 1.82) is 0 Å². The van der Waals surface area contributed by atoms with Gasteiger partial charge in [-0.25, -0.2) is 9.59 Å². The lowest BCUT2D eigenvalue weighted by molar-refractivity contribution is -0.317. The molecule has 1 aromatic carbocycles. The molecule has 0 aromatic heterocycles. The van der Waals surface area contributed by atoms with E-state index in [0.29, 0.717) is 24.0 Å². The van der Waals surface area contributed by atoms with Crippen molar-refractivity contribution in [3.8, 4) is 5.75 Å². The standard InChI is InChI=1S/C38H50O11/c1-36-14-11-25(48-35-34(44)33(43)32(42)29(49-35)20-47-30(40)10-5-21-3-7-24(39)8-4-21)18-23(36)6-9-28-27(36)12-15-37(2)26(13-16-38(28,37)45)22-17-31(41)46-19-22/h3-5,7-8,10,17,23,25-29,32-35,39,42-45H,6,9,11-16,18-20H2,1-2H3/t23-,25-,26+,27-,28+,29+,32+,33-,34+,35+,36-,37+,38-/m0/s1. The predicted molar refractivity (Wildman–Crippen MR) is 175 cm³/mol. The number of benzene rings is 1. The van der Waals surface area contributed by atoms with Gasteiger partial charge < -0.3 is 44.5 Å². The number of rotatable bonds is 7. The number of phenols is 1. The maximum Gasteiger partial charge on any atom is 0.331 e. The zero-order valence-electron chi connectivity index (χ0n) is 28.3. The predicted octanol–water partition coefficient (Wildman–Crippen LogP) is 3.40. The van der Waals surface area contributed by atoms with Crippen LogP contribution in [0, 0.1) is 34.5 Å². The number of carbonyl (C=O) groups is 2. The van der Waals surface area contributed by atoms with Gasteiger partial charge in [0.1, 0.15) is 43.4 Å². The van der Waals surface area contributed by atoms with Crippen molar-refractivity contribution in [2.45, 2.75) is 114 Å².